The fourth-order valence-corrected chi connectivity index (χ4v) is 1.93. The average molecular weight is 250 g/mol. The zero-order valence-corrected chi connectivity index (χ0v) is 11.0. The van der Waals surface area contributed by atoms with Crippen molar-refractivity contribution in [2.75, 3.05) is 0 Å². The van der Waals surface area contributed by atoms with Gasteiger partial charge in [-0.3, -0.25) is 4.79 Å². The lowest BCUT2D eigenvalue weighted by Crippen LogP contribution is -2.38. The molecule has 3 nitrogen and oxygen atoms in total. The minimum Gasteiger partial charge on any atom is -0.393 e. The molecule has 3 N–H and O–H groups in total. The van der Waals surface area contributed by atoms with E-state index in [1.165, 1.54) is 0 Å². The van der Waals surface area contributed by atoms with Crippen molar-refractivity contribution in [3.63, 3.8) is 0 Å². The first-order valence-electron chi connectivity index (χ1n) is 5.71. The summed E-state index contributed by atoms with van der Waals surface area (Å²) >= 11 is 4.88. The maximum Gasteiger partial charge on any atom is 0.230 e. The van der Waals surface area contributed by atoms with Gasteiger partial charge in [0.25, 0.3) is 0 Å². The monoisotopic (exact) mass is 250 g/mol. The SMILES string of the molecule is CCC(C(=O)NC(C)c1ccccc1)C(N)=S. The second kappa shape index (κ2) is 6.35. The number of thiocarbonyl (C=S) groups is 1. The van der Waals surface area contributed by atoms with E-state index >= 15 is 0 Å². The molecular formula is C13H18N2OS. The van der Waals surface area contributed by atoms with Crippen LogP contribution in [0.3, 0.4) is 0 Å². The molecular weight excluding hydrogens is 232 g/mol. The van der Waals surface area contributed by atoms with Crippen molar-refractivity contribution in [1.82, 2.24) is 5.32 Å². The summed E-state index contributed by atoms with van der Waals surface area (Å²) in [5.41, 5.74) is 6.60. The molecule has 0 bridgehead atoms. The summed E-state index contributed by atoms with van der Waals surface area (Å²) in [6.45, 7) is 3.84. The number of carbonyl (C=O) groups excluding carboxylic acids is 1. The van der Waals surface area contributed by atoms with Crippen molar-refractivity contribution in [2.45, 2.75) is 26.3 Å². The summed E-state index contributed by atoms with van der Waals surface area (Å²) in [5.74, 6) is -0.479. The fourth-order valence-electron chi connectivity index (χ4n) is 1.65. The predicted octanol–water partition coefficient (Wildman–Crippen LogP) is 2.18. The summed E-state index contributed by atoms with van der Waals surface area (Å²) < 4.78 is 0. The molecule has 0 aliphatic heterocycles. The van der Waals surface area contributed by atoms with Crippen LogP contribution in [0.2, 0.25) is 0 Å². The minimum atomic E-state index is -0.379. The van der Waals surface area contributed by atoms with Crippen LogP contribution in [-0.2, 0) is 4.79 Å². The molecule has 0 radical (unpaired) electrons. The van der Waals surface area contributed by atoms with Crippen molar-refractivity contribution >= 4 is 23.1 Å². The van der Waals surface area contributed by atoms with E-state index < -0.39 is 0 Å². The van der Waals surface area contributed by atoms with E-state index in [2.05, 4.69) is 5.32 Å². The highest BCUT2D eigenvalue weighted by atomic mass is 32.1. The molecule has 2 unspecified atom stereocenters. The Kier molecular flexibility index (Phi) is 5.10. The average Bonchev–Trinajstić information content (AvgIpc) is 2.30. The molecule has 0 spiro atoms. The Bertz CT molecular complexity index is 392. The molecule has 1 aromatic carbocycles. The van der Waals surface area contributed by atoms with Crippen LogP contribution in [0.4, 0.5) is 0 Å². The van der Waals surface area contributed by atoms with Crippen molar-refractivity contribution < 1.29 is 4.79 Å². The number of hydrogen-bond donors (Lipinski definition) is 2. The first-order chi connectivity index (χ1) is 8.06. The van der Waals surface area contributed by atoms with E-state index in [0.717, 1.165) is 5.56 Å². The molecule has 1 amide bonds. The summed E-state index contributed by atoms with van der Waals surface area (Å²) in [6.07, 6.45) is 0.628. The van der Waals surface area contributed by atoms with Crippen molar-refractivity contribution in [3.8, 4) is 0 Å². The maximum atomic E-state index is 11.9. The van der Waals surface area contributed by atoms with Crippen molar-refractivity contribution in [2.24, 2.45) is 11.7 Å². The van der Waals surface area contributed by atoms with Gasteiger partial charge in [-0.15, -0.1) is 0 Å². The van der Waals surface area contributed by atoms with Crippen LogP contribution in [0.25, 0.3) is 0 Å². The third-order valence-electron chi connectivity index (χ3n) is 2.73. The highest BCUT2D eigenvalue weighted by molar-refractivity contribution is 7.80. The molecule has 2 atom stereocenters. The maximum absolute atomic E-state index is 11.9. The van der Waals surface area contributed by atoms with Crippen LogP contribution >= 0.6 is 12.2 Å². The highest BCUT2D eigenvalue weighted by Crippen LogP contribution is 2.13. The normalized spacial score (nSPS) is 13.8. The van der Waals surface area contributed by atoms with E-state index in [1.54, 1.807) is 0 Å². The summed E-state index contributed by atoms with van der Waals surface area (Å²) in [5, 5.41) is 2.92. The molecule has 0 aliphatic carbocycles. The first-order valence-corrected chi connectivity index (χ1v) is 6.11. The van der Waals surface area contributed by atoms with E-state index in [4.69, 9.17) is 18.0 Å². The molecule has 17 heavy (non-hydrogen) atoms. The van der Waals surface area contributed by atoms with Crippen molar-refractivity contribution in [1.29, 1.82) is 0 Å². The van der Waals surface area contributed by atoms with Crippen LogP contribution in [-0.4, -0.2) is 10.9 Å². The van der Waals surface area contributed by atoms with Crippen LogP contribution in [0.1, 0.15) is 31.9 Å². The Balaban J connectivity index is 2.66. The fraction of sp³-hybridized carbons (Fsp3) is 0.385. The molecule has 4 heteroatoms. The Hall–Kier alpha value is -1.42. The second-order valence-corrected chi connectivity index (χ2v) is 4.48. The molecule has 0 aliphatic rings. The van der Waals surface area contributed by atoms with Gasteiger partial charge >= 0.3 is 0 Å². The summed E-state index contributed by atoms with van der Waals surface area (Å²) in [4.78, 5) is 12.2. The van der Waals surface area contributed by atoms with Gasteiger partial charge < -0.3 is 11.1 Å². The number of nitrogens with two attached hydrogens (primary N) is 1. The third-order valence-corrected chi connectivity index (χ3v) is 3.01. The lowest BCUT2D eigenvalue weighted by molar-refractivity contribution is -0.123. The summed E-state index contributed by atoms with van der Waals surface area (Å²) in [6, 6.07) is 9.76. The van der Waals surface area contributed by atoms with Gasteiger partial charge in [0.15, 0.2) is 0 Å². The third kappa shape index (κ3) is 3.82. The van der Waals surface area contributed by atoms with Gasteiger partial charge in [0.05, 0.1) is 16.9 Å². The molecule has 0 aromatic heterocycles. The van der Waals surface area contributed by atoms with E-state index in [-0.39, 0.29) is 22.9 Å². The predicted molar refractivity (Wildman–Crippen MR) is 73.6 cm³/mol. The van der Waals surface area contributed by atoms with Crippen molar-refractivity contribution in [3.05, 3.63) is 35.9 Å². The van der Waals surface area contributed by atoms with E-state index in [9.17, 15) is 4.79 Å². The number of hydrogen-bond acceptors (Lipinski definition) is 2. The van der Waals surface area contributed by atoms with Crippen LogP contribution in [0.5, 0.6) is 0 Å². The standard InChI is InChI=1S/C13H18N2OS/c1-3-11(12(14)17)13(16)15-9(2)10-7-5-4-6-8-10/h4-9,11H,3H2,1-2H3,(H2,14,17)(H,15,16). The van der Waals surface area contributed by atoms with Gasteiger partial charge in [-0.1, -0.05) is 49.5 Å². The first kappa shape index (κ1) is 13.6. The van der Waals surface area contributed by atoms with Crippen LogP contribution in [0, 0.1) is 5.92 Å². The molecule has 92 valence electrons. The molecule has 0 heterocycles. The molecule has 0 fully saturated rings. The van der Waals surface area contributed by atoms with Gasteiger partial charge in [0.2, 0.25) is 5.91 Å². The Morgan fingerprint density at radius 1 is 1.41 bits per heavy atom. The second-order valence-electron chi connectivity index (χ2n) is 4.00. The molecule has 1 rings (SSSR count). The zero-order chi connectivity index (χ0) is 12.8. The smallest absolute Gasteiger partial charge is 0.230 e. The number of benzene rings is 1. The van der Waals surface area contributed by atoms with Gasteiger partial charge in [-0.05, 0) is 18.9 Å². The highest BCUT2D eigenvalue weighted by Gasteiger charge is 2.20. The summed E-state index contributed by atoms with van der Waals surface area (Å²) in [7, 11) is 0. The topological polar surface area (TPSA) is 55.1 Å². The minimum absolute atomic E-state index is 0.0351. The number of amides is 1. The van der Waals surface area contributed by atoms with Crippen LogP contribution in [0.15, 0.2) is 30.3 Å². The number of carbonyl (C=O) groups is 1. The Morgan fingerprint density at radius 3 is 2.47 bits per heavy atom. The van der Waals surface area contributed by atoms with Gasteiger partial charge in [0, 0.05) is 0 Å². The van der Waals surface area contributed by atoms with Gasteiger partial charge in [-0.2, -0.15) is 0 Å². The molecule has 0 saturated heterocycles. The van der Waals surface area contributed by atoms with E-state index in [1.807, 2.05) is 44.2 Å². The quantitative estimate of drug-likeness (QED) is 0.788. The number of rotatable bonds is 5. The zero-order valence-electron chi connectivity index (χ0n) is 10.1. The lowest BCUT2D eigenvalue weighted by atomic mass is 10.0. The van der Waals surface area contributed by atoms with Gasteiger partial charge in [-0.25, -0.2) is 0 Å². The number of nitrogens with one attached hydrogen (secondary N) is 1. The van der Waals surface area contributed by atoms with Gasteiger partial charge in [0.1, 0.15) is 0 Å². The van der Waals surface area contributed by atoms with Crippen LogP contribution < -0.4 is 11.1 Å². The Labute approximate surface area is 107 Å². The lowest BCUT2D eigenvalue weighted by Gasteiger charge is -2.18. The molecule has 1 aromatic rings. The largest absolute Gasteiger partial charge is 0.393 e. The van der Waals surface area contributed by atoms with E-state index in [0.29, 0.717) is 6.42 Å². The molecule has 0 saturated carbocycles. The Morgan fingerprint density at radius 2 is 2.00 bits per heavy atom.